The molecule has 0 amide bonds. The smallest absolute Gasteiger partial charge is 0.264 e. The highest BCUT2D eigenvalue weighted by Gasteiger charge is 2.25. The first-order chi connectivity index (χ1) is 12.5. The lowest BCUT2D eigenvalue weighted by Crippen LogP contribution is -2.27. The fourth-order valence-corrected chi connectivity index (χ4v) is 3.65. The van der Waals surface area contributed by atoms with Gasteiger partial charge in [-0.25, -0.2) is 8.42 Å². The molecule has 0 aliphatic heterocycles. The van der Waals surface area contributed by atoms with E-state index < -0.39 is 10.0 Å². The van der Waals surface area contributed by atoms with Crippen LogP contribution in [-0.2, 0) is 10.0 Å². The fourth-order valence-electron chi connectivity index (χ4n) is 2.42. The highest BCUT2D eigenvalue weighted by atomic mass is 32.2. The van der Waals surface area contributed by atoms with Gasteiger partial charge in [-0.3, -0.25) is 4.31 Å². The van der Waals surface area contributed by atoms with Crippen molar-refractivity contribution in [3.63, 3.8) is 0 Å². The second-order valence-electron chi connectivity index (χ2n) is 5.56. The Balaban J connectivity index is 2.53. The lowest BCUT2D eigenvalue weighted by molar-refractivity contribution is 0.414. The molecule has 0 atom stereocenters. The van der Waals surface area contributed by atoms with Crippen LogP contribution in [0.1, 0.15) is 25.3 Å². The Hall–Kier alpha value is -2.65. The van der Waals surface area contributed by atoms with E-state index in [9.17, 15) is 8.42 Å². The third kappa shape index (κ3) is 4.12. The average Bonchev–Trinajstić information content (AvgIpc) is 2.67. The third-order valence-electron chi connectivity index (χ3n) is 3.85. The Kier molecular flexibility index (Phi) is 6.53. The zero-order chi connectivity index (χ0) is 19.2. The molecule has 0 saturated carbocycles. The van der Waals surface area contributed by atoms with Crippen LogP contribution in [0.2, 0.25) is 0 Å². The molecular formula is C20H23NO4S. The monoisotopic (exact) mass is 373 g/mol. The molecule has 0 aliphatic carbocycles. The van der Waals surface area contributed by atoms with Crippen molar-refractivity contribution in [1.29, 1.82) is 0 Å². The van der Waals surface area contributed by atoms with Gasteiger partial charge in [0.15, 0.2) is 0 Å². The molecule has 2 aromatic carbocycles. The minimum Gasteiger partial charge on any atom is -0.497 e. The number of hydrogen-bond donors (Lipinski definition) is 0. The van der Waals surface area contributed by atoms with E-state index in [0.717, 1.165) is 12.8 Å². The van der Waals surface area contributed by atoms with Gasteiger partial charge in [0.2, 0.25) is 0 Å². The maximum atomic E-state index is 13.1. The Morgan fingerprint density at radius 3 is 2.31 bits per heavy atom. The molecule has 0 N–H and O–H groups in total. The molecule has 0 spiro atoms. The number of methoxy groups -OCH3 is 2. The summed E-state index contributed by atoms with van der Waals surface area (Å²) in [5.74, 6) is 7.16. The van der Waals surface area contributed by atoms with Crippen LogP contribution in [0.3, 0.4) is 0 Å². The van der Waals surface area contributed by atoms with Gasteiger partial charge in [0.25, 0.3) is 10.0 Å². The number of ether oxygens (including phenoxy) is 2. The van der Waals surface area contributed by atoms with Gasteiger partial charge in [-0.2, -0.15) is 0 Å². The summed E-state index contributed by atoms with van der Waals surface area (Å²) >= 11 is 0. The Labute approximate surface area is 155 Å². The van der Waals surface area contributed by atoms with Gasteiger partial charge in [-0.05, 0) is 42.8 Å². The number of unbranched alkanes of at least 4 members (excludes halogenated alkanes) is 1. The van der Waals surface area contributed by atoms with Crippen molar-refractivity contribution in [3.8, 4) is 23.3 Å². The molecule has 2 rings (SSSR count). The molecule has 0 unspecified atom stereocenters. The largest absolute Gasteiger partial charge is 0.497 e. The van der Waals surface area contributed by atoms with Gasteiger partial charge in [0.1, 0.15) is 17.2 Å². The summed E-state index contributed by atoms with van der Waals surface area (Å²) < 4.78 is 37.8. The minimum absolute atomic E-state index is 0.166. The molecule has 0 bridgehead atoms. The van der Waals surface area contributed by atoms with Crippen LogP contribution >= 0.6 is 0 Å². The number of rotatable bonds is 6. The van der Waals surface area contributed by atoms with E-state index in [-0.39, 0.29) is 4.90 Å². The first-order valence-corrected chi connectivity index (χ1v) is 9.68. The SMILES string of the molecule is CCCC#Cc1cccc(OC)c1N(C)S(=O)(=O)c1ccc(OC)cc1. The van der Waals surface area contributed by atoms with Gasteiger partial charge in [-0.15, -0.1) is 0 Å². The van der Waals surface area contributed by atoms with Gasteiger partial charge in [0, 0.05) is 13.5 Å². The van der Waals surface area contributed by atoms with Crippen molar-refractivity contribution in [2.75, 3.05) is 25.6 Å². The summed E-state index contributed by atoms with van der Waals surface area (Å²) in [6.07, 6.45) is 1.68. The van der Waals surface area contributed by atoms with E-state index in [1.807, 2.05) is 6.92 Å². The van der Waals surface area contributed by atoms with Gasteiger partial charge in [-0.1, -0.05) is 24.8 Å². The van der Waals surface area contributed by atoms with Crippen LogP contribution in [0.25, 0.3) is 0 Å². The standard InChI is InChI=1S/C20H23NO4S/c1-5-6-7-9-16-10-8-11-19(25-4)20(16)21(2)26(22,23)18-14-12-17(24-3)13-15-18/h8,10-15H,5-6H2,1-4H3. The van der Waals surface area contributed by atoms with Crippen molar-refractivity contribution in [2.45, 2.75) is 24.7 Å². The van der Waals surface area contributed by atoms with Crippen LogP contribution in [0.5, 0.6) is 11.5 Å². The molecular weight excluding hydrogens is 350 g/mol. The van der Waals surface area contributed by atoms with E-state index >= 15 is 0 Å². The normalized spacial score (nSPS) is 10.6. The van der Waals surface area contributed by atoms with Gasteiger partial charge in [0.05, 0.1) is 24.7 Å². The van der Waals surface area contributed by atoms with Crippen molar-refractivity contribution in [2.24, 2.45) is 0 Å². The molecule has 5 nitrogen and oxygen atoms in total. The van der Waals surface area contributed by atoms with Crippen LogP contribution < -0.4 is 13.8 Å². The van der Waals surface area contributed by atoms with E-state index in [2.05, 4.69) is 11.8 Å². The second kappa shape index (κ2) is 8.63. The number of para-hydroxylation sites is 1. The summed E-state index contributed by atoms with van der Waals surface area (Å²) in [5.41, 5.74) is 1.03. The quantitative estimate of drug-likeness (QED) is 0.725. The Morgan fingerprint density at radius 1 is 1.04 bits per heavy atom. The number of benzene rings is 2. The topological polar surface area (TPSA) is 55.8 Å². The van der Waals surface area contributed by atoms with E-state index in [4.69, 9.17) is 9.47 Å². The first-order valence-electron chi connectivity index (χ1n) is 8.24. The molecule has 0 fully saturated rings. The van der Waals surface area contributed by atoms with Crippen molar-refractivity contribution in [3.05, 3.63) is 48.0 Å². The van der Waals surface area contributed by atoms with Crippen LogP contribution in [0.4, 0.5) is 5.69 Å². The summed E-state index contributed by atoms with van der Waals surface area (Å²) in [6.45, 7) is 2.04. The van der Waals surface area contributed by atoms with Crippen molar-refractivity contribution >= 4 is 15.7 Å². The number of nitrogens with zero attached hydrogens (tertiary/aromatic N) is 1. The van der Waals surface area contributed by atoms with Crippen molar-refractivity contribution < 1.29 is 17.9 Å². The lowest BCUT2D eigenvalue weighted by Gasteiger charge is -2.23. The molecule has 0 saturated heterocycles. The Bertz CT molecular complexity index is 909. The predicted octanol–water partition coefficient (Wildman–Crippen LogP) is 3.68. The first kappa shape index (κ1) is 19.7. The summed E-state index contributed by atoms with van der Waals surface area (Å²) in [7, 11) is 0.773. The van der Waals surface area contributed by atoms with Crippen LogP contribution in [-0.4, -0.2) is 29.7 Å². The number of anilines is 1. The molecule has 0 aliphatic rings. The van der Waals surface area contributed by atoms with Gasteiger partial charge >= 0.3 is 0 Å². The molecule has 2 aromatic rings. The average molecular weight is 373 g/mol. The molecule has 138 valence electrons. The minimum atomic E-state index is -3.77. The van der Waals surface area contributed by atoms with E-state index in [1.54, 1.807) is 30.3 Å². The highest BCUT2D eigenvalue weighted by Crippen LogP contribution is 2.34. The second-order valence-corrected chi connectivity index (χ2v) is 7.53. The third-order valence-corrected chi connectivity index (χ3v) is 5.62. The Morgan fingerprint density at radius 2 is 1.73 bits per heavy atom. The maximum Gasteiger partial charge on any atom is 0.264 e. The summed E-state index contributed by atoms with van der Waals surface area (Å²) in [6, 6.07) is 11.6. The zero-order valence-corrected chi connectivity index (χ0v) is 16.3. The zero-order valence-electron chi connectivity index (χ0n) is 15.4. The van der Waals surface area contributed by atoms with Crippen LogP contribution in [0, 0.1) is 11.8 Å². The van der Waals surface area contributed by atoms with E-state index in [1.165, 1.54) is 37.7 Å². The molecule has 0 heterocycles. The molecule has 6 heteroatoms. The maximum absolute atomic E-state index is 13.1. The molecule has 26 heavy (non-hydrogen) atoms. The lowest BCUT2D eigenvalue weighted by atomic mass is 10.1. The number of sulfonamides is 1. The van der Waals surface area contributed by atoms with Crippen molar-refractivity contribution in [1.82, 2.24) is 0 Å². The number of hydrogen-bond acceptors (Lipinski definition) is 4. The van der Waals surface area contributed by atoms with E-state index in [0.29, 0.717) is 22.7 Å². The molecule has 0 aromatic heterocycles. The highest BCUT2D eigenvalue weighted by molar-refractivity contribution is 7.92. The predicted molar refractivity (Wildman–Crippen MR) is 103 cm³/mol. The molecule has 0 radical (unpaired) electrons. The summed E-state index contributed by atoms with van der Waals surface area (Å²) in [4.78, 5) is 0.166. The van der Waals surface area contributed by atoms with Crippen LogP contribution in [0.15, 0.2) is 47.4 Å². The summed E-state index contributed by atoms with van der Waals surface area (Å²) in [5, 5.41) is 0. The fraction of sp³-hybridized carbons (Fsp3) is 0.300. The van der Waals surface area contributed by atoms with Gasteiger partial charge < -0.3 is 9.47 Å².